The number of carbonyl (C=O) groups excluding carboxylic acids is 1. The number of hydrogen-bond donors (Lipinski definition) is 1. The van der Waals surface area contributed by atoms with Crippen LogP contribution in [-0.4, -0.2) is 43.8 Å². The molecule has 1 amide bonds. The van der Waals surface area contributed by atoms with Crippen molar-refractivity contribution in [1.82, 2.24) is 10.2 Å². The fourth-order valence-corrected chi connectivity index (χ4v) is 2.16. The second-order valence-corrected chi connectivity index (χ2v) is 5.62. The van der Waals surface area contributed by atoms with Gasteiger partial charge in [-0.3, -0.25) is 9.80 Å². The number of nitrogens with zero attached hydrogens (tertiary/aromatic N) is 3. The van der Waals surface area contributed by atoms with Crippen molar-refractivity contribution in [2.24, 2.45) is 5.10 Å². The van der Waals surface area contributed by atoms with Gasteiger partial charge in [0.05, 0.1) is 22.3 Å². The lowest BCUT2D eigenvalue weighted by Gasteiger charge is -2.13. The standard InChI is InChI=1S/C13H16Cl2N4O/c1-18(2)8-13(20)16-12-5-6-19(17-12)9-3-4-10(14)11(15)7-9/h3-4,7H,5-6,8H2,1-2H3,(H,16,17,20). The molecule has 1 aliphatic heterocycles. The molecule has 1 heterocycles. The van der Waals surface area contributed by atoms with Crippen molar-refractivity contribution < 1.29 is 4.79 Å². The van der Waals surface area contributed by atoms with E-state index in [1.165, 1.54) is 0 Å². The van der Waals surface area contributed by atoms with Gasteiger partial charge in [-0.15, -0.1) is 0 Å². The Morgan fingerprint density at radius 1 is 1.40 bits per heavy atom. The van der Waals surface area contributed by atoms with Crippen molar-refractivity contribution in [2.75, 3.05) is 32.2 Å². The van der Waals surface area contributed by atoms with E-state index in [4.69, 9.17) is 23.2 Å². The van der Waals surface area contributed by atoms with Crippen molar-refractivity contribution in [2.45, 2.75) is 6.42 Å². The number of benzene rings is 1. The molecule has 1 aromatic carbocycles. The van der Waals surface area contributed by atoms with Gasteiger partial charge in [-0.05, 0) is 32.3 Å². The second kappa shape index (κ2) is 6.43. The minimum atomic E-state index is -0.0651. The summed E-state index contributed by atoms with van der Waals surface area (Å²) in [7, 11) is 3.69. The maximum Gasteiger partial charge on any atom is 0.239 e. The molecule has 20 heavy (non-hydrogen) atoms. The molecular weight excluding hydrogens is 299 g/mol. The Hall–Kier alpha value is -1.30. The first-order chi connectivity index (χ1) is 9.45. The number of carbonyl (C=O) groups is 1. The molecule has 1 N–H and O–H groups in total. The molecule has 0 aromatic heterocycles. The van der Waals surface area contributed by atoms with Gasteiger partial charge in [-0.2, -0.15) is 5.10 Å². The molecule has 1 aromatic rings. The zero-order chi connectivity index (χ0) is 14.7. The van der Waals surface area contributed by atoms with E-state index in [1.807, 2.05) is 25.1 Å². The third-order valence-electron chi connectivity index (χ3n) is 2.75. The molecule has 5 nitrogen and oxygen atoms in total. The molecule has 0 spiro atoms. The molecule has 0 saturated carbocycles. The predicted octanol–water partition coefficient (Wildman–Crippen LogP) is 2.19. The lowest BCUT2D eigenvalue weighted by molar-refractivity contribution is -0.120. The van der Waals surface area contributed by atoms with Crippen LogP contribution in [0.1, 0.15) is 6.42 Å². The highest BCUT2D eigenvalue weighted by Crippen LogP contribution is 2.28. The van der Waals surface area contributed by atoms with E-state index in [0.717, 1.165) is 5.69 Å². The molecule has 0 bridgehead atoms. The molecule has 0 unspecified atom stereocenters. The topological polar surface area (TPSA) is 47.9 Å². The average molecular weight is 315 g/mol. The summed E-state index contributed by atoms with van der Waals surface area (Å²) in [6, 6.07) is 5.34. The van der Waals surface area contributed by atoms with Crippen LogP contribution >= 0.6 is 23.2 Å². The zero-order valence-corrected chi connectivity index (χ0v) is 12.9. The van der Waals surface area contributed by atoms with Gasteiger partial charge in [0.1, 0.15) is 5.84 Å². The predicted molar refractivity (Wildman–Crippen MR) is 82.6 cm³/mol. The number of amidine groups is 1. The first-order valence-electron chi connectivity index (χ1n) is 6.20. The summed E-state index contributed by atoms with van der Waals surface area (Å²) >= 11 is 11.9. The molecule has 2 rings (SSSR count). The highest BCUT2D eigenvalue weighted by atomic mass is 35.5. The van der Waals surface area contributed by atoms with Gasteiger partial charge in [0.15, 0.2) is 0 Å². The van der Waals surface area contributed by atoms with Crippen LogP contribution in [0.2, 0.25) is 10.0 Å². The van der Waals surface area contributed by atoms with Crippen molar-refractivity contribution in [3.8, 4) is 0 Å². The van der Waals surface area contributed by atoms with Gasteiger partial charge in [-0.1, -0.05) is 23.2 Å². The summed E-state index contributed by atoms with van der Waals surface area (Å²) in [6.07, 6.45) is 0.694. The Morgan fingerprint density at radius 2 is 2.15 bits per heavy atom. The summed E-state index contributed by atoms with van der Waals surface area (Å²) in [5.74, 6) is 0.604. The Morgan fingerprint density at radius 3 is 2.80 bits per heavy atom. The average Bonchev–Trinajstić information content (AvgIpc) is 2.80. The third-order valence-corrected chi connectivity index (χ3v) is 3.49. The largest absolute Gasteiger partial charge is 0.312 e. The monoisotopic (exact) mass is 314 g/mol. The summed E-state index contributed by atoms with van der Waals surface area (Å²) in [4.78, 5) is 13.5. The Kier molecular flexibility index (Phi) is 4.86. The molecule has 0 fully saturated rings. The van der Waals surface area contributed by atoms with Crippen LogP contribution in [0.4, 0.5) is 5.69 Å². The normalized spacial score (nSPS) is 14.7. The van der Waals surface area contributed by atoms with E-state index >= 15 is 0 Å². The van der Waals surface area contributed by atoms with Gasteiger partial charge >= 0.3 is 0 Å². The minimum Gasteiger partial charge on any atom is -0.312 e. The Balaban J connectivity index is 2.02. The van der Waals surface area contributed by atoms with Crippen LogP contribution in [-0.2, 0) is 4.79 Å². The SMILES string of the molecule is CN(C)CC(=O)NC1=NN(c2ccc(Cl)c(Cl)c2)CC1. The van der Waals surface area contributed by atoms with Crippen molar-refractivity contribution in [3.05, 3.63) is 28.2 Å². The van der Waals surface area contributed by atoms with E-state index in [1.54, 1.807) is 17.1 Å². The van der Waals surface area contributed by atoms with Crippen LogP contribution in [0.3, 0.4) is 0 Å². The number of rotatable bonds is 3. The Bertz CT molecular complexity index is 545. The van der Waals surface area contributed by atoms with Crippen LogP contribution in [0.15, 0.2) is 23.3 Å². The van der Waals surface area contributed by atoms with Crippen molar-refractivity contribution >= 4 is 40.6 Å². The van der Waals surface area contributed by atoms with Crippen LogP contribution in [0, 0.1) is 0 Å². The quantitative estimate of drug-likeness (QED) is 0.930. The number of amides is 1. The molecule has 0 saturated heterocycles. The van der Waals surface area contributed by atoms with Gasteiger partial charge in [0, 0.05) is 13.0 Å². The number of halogens is 2. The number of nitrogens with one attached hydrogen (secondary N) is 1. The number of anilines is 1. The van der Waals surface area contributed by atoms with Crippen molar-refractivity contribution in [3.63, 3.8) is 0 Å². The molecule has 108 valence electrons. The highest BCUT2D eigenvalue weighted by Gasteiger charge is 2.18. The van der Waals surface area contributed by atoms with E-state index < -0.39 is 0 Å². The first kappa shape index (κ1) is 15.1. The minimum absolute atomic E-state index is 0.0651. The fraction of sp³-hybridized carbons (Fsp3) is 0.385. The van der Waals surface area contributed by atoms with Gasteiger partial charge in [0.2, 0.25) is 5.91 Å². The maximum atomic E-state index is 11.7. The molecule has 1 aliphatic rings. The third kappa shape index (κ3) is 3.85. The van der Waals surface area contributed by atoms with Crippen LogP contribution in [0.25, 0.3) is 0 Å². The molecule has 7 heteroatoms. The summed E-state index contributed by atoms with van der Waals surface area (Å²) in [5.41, 5.74) is 0.858. The fourth-order valence-electron chi connectivity index (χ4n) is 1.87. The second-order valence-electron chi connectivity index (χ2n) is 4.80. The molecule has 0 aliphatic carbocycles. The molecule has 0 radical (unpaired) electrons. The van der Waals surface area contributed by atoms with Crippen LogP contribution in [0.5, 0.6) is 0 Å². The van der Waals surface area contributed by atoms with Gasteiger partial charge < -0.3 is 10.2 Å². The van der Waals surface area contributed by atoms with Crippen molar-refractivity contribution in [1.29, 1.82) is 0 Å². The number of hydrazone groups is 1. The lowest BCUT2D eigenvalue weighted by atomic mass is 10.3. The van der Waals surface area contributed by atoms with Gasteiger partial charge in [-0.25, -0.2) is 0 Å². The number of likely N-dealkylation sites (N-methyl/N-ethyl adjacent to an activating group) is 1. The van der Waals surface area contributed by atoms with E-state index in [0.29, 0.717) is 35.4 Å². The zero-order valence-electron chi connectivity index (χ0n) is 11.4. The number of hydrogen-bond acceptors (Lipinski definition) is 4. The van der Waals surface area contributed by atoms with Crippen LogP contribution < -0.4 is 10.3 Å². The summed E-state index contributed by atoms with van der Waals surface area (Å²) in [6.45, 7) is 1.04. The van der Waals surface area contributed by atoms with E-state index in [-0.39, 0.29) is 5.91 Å². The first-order valence-corrected chi connectivity index (χ1v) is 6.96. The highest BCUT2D eigenvalue weighted by molar-refractivity contribution is 6.42. The maximum absolute atomic E-state index is 11.7. The Labute approximate surface area is 128 Å². The smallest absolute Gasteiger partial charge is 0.239 e. The van der Waals surface area contributed by atoms with E-state index in [2.05, 4.69) is 10.4 Å². The lowest BCUT2D eigenvalue weighted by Crippen LogP contribution is -2.36. The van der Waals surface area contributed by atoms with Gasteiger partial charge in [0.25, 0.3) is 0 Å². The molecular formula is C13H16Cl2N4O. The summed E-state index contributed by atoms with van der Waals surface area (Å²) < 4.78 is 0. The van der Waals surface area contributed by atoms with E-state index in [9.17, 15) is 4.79 Å². The summed E-state index contributed by atoms with van der Waals surface area (Å²) in [5, 5.41) is 9.98. The molecule has 0 atom stereocenters.